The van der Waals surface area contributed by atoms with Gasteiger partial charge < -0.3 is 10.1 Å². The first-order valence-electron chi connectivity index (χ1n) is 8.86. The fourth-order valence-electron chi connectivity index (χ4n) is 2.79. The fourth-order valence-corrected chi connectivity index (χ4v) is 4.68. The molecule has 3 aromatic rings. The molecule has 1 aromatic carbocycles. The van der Waals surface area contributed by atoms with E-state index in [-0.39, 0.29) is 11.2 Å². The first-order chi connectivity index (χ1) is 13.6. The minimum Gasteiger partial charge on any atom is -0.495 e. The maximum atomic E-state index is 12.7. The molecule has 1 atom stereocenters. The molecule has 0 saturated heterocycles. The number of nitrogens with one attached hydrogen (secondary N) is 1. The second-order valence-corrected chi connectivity index (χ2v) is 9.15. The lowest BCUT2D eigenvalue weighted by molar-refractivity contribution is -0.115. The number of carbonyl (C=O) groups is 1. The van der Waals surface area contributed by atoms with Gasteiger partial charge >= 0.3 is 0 Å². The Morgan fingerprint density at radius 2 is 2.21 bits per heavy atom. The Bertz CT molecular complexity index is 986. The lowest BCUT2D eigenvalue weighted by atomic mass is 10.3. The Kier molecular flexibility index (Phi) is 5.61. The standard InChI is InChI=1S/C19H19ClN4O2S2/c1-11(18(25)21-12-5-8-15(26-2)14(20)10-12)28-19-23-22-17(16-4-3-9-27-16)24(19)13-6-7-13/h3-5,8-11,13H,6-7H2,1-2H3,(H,21,25)/t11-/m1/s1. The molecule has 146 valence electrons. The van der Waals surface area contributed by atoms with Crippen LogP contribution in [0.2, 0.25) is 5.02 Å². The van der Waals surface area contributed by atoms with Gasteiger partial charge in [0.15, 0.2) is 11.0 Å². The van der Waals surface area contributed by atoms with E-state index < -0.39 is 0 Å². The molecule has 28 heavy (non-hydrogen) atoms. The highest BCUT2D eigenvalue weighted by atomic mass is 35.5. The topological polar surface area (TPSA) is 69.0 Å². The summed E-state index contributed by atoms with van der Waals surface area (Å²) in [6, 6.07) is 9.65. The lowest BCUT2D eigenvalue weighted by Gasteiger charge is -2.14. The summed E-state index contributed by atoms with van der Waals surface area (Å²) in [5.74, 6) is 1.34. The number of aromatic nitrogens is 3. The van der Waals surface area contributed by atoms with E-state index in [0.29, 0.717) is 22.5 Å². The van der Waals surface area contributed by atoms with Crippen molar-refractivity contribution in [2.75, 3.05) is 12.4 Å². The van der Waals surface area contributed by atoms with Gasteiger partial charge in [-0.25, -0.2) is 0 Å². The van der Waals surface area contributed by atoms with Crippen LogP contribution in [-0.2, 0) is 4.79 Å². The molecule has 1 amide bonds. The van der Waals surface area contributed by atoms with Crippen LogP contribution in [0.15, 0.2) is 40.9 Å². The zero-order valence-corrected chi connectivity index (χ0v) is 17.8. The van der Waals surface area contributed by atoms with Crippen LogP contribution in [0.3, 0.4) is 0 Å². The lowest BCUT2D eigenvalue weighted by Crippen LogP contribution is -2.23. The van der Waals surface area contributed by atoms with E-state index >= 15 is 0 Å². The second-order valence-electron chi connectivity index (χ2n) is 6.48. The number of carbonyl (C=O) groups excluding carboxylic acids is 1. The van der Waals surface area contributed by atoms with Gasteiger partial charge in [0.1, 0.15) is 5.75 Å². The van der Waals surface area contributed by atoms with Gasteiger partial charge in [0.25, 0.3) is 0 Å². The highest BCUT2D eigenvalue weighted by molar-refractivity contribution is 8.00. The predicted octanol–water partition coefficient (Wildman–Crippen LogP) is 5.12. The normalized spacial score (nSPS) is 14.7. The second kappa shape index (κ2) is 8.14. The van der Waals surface area contributed by atoms with Crippen LogP contribution < -0.4 is 10.1 Å². The number of benzene rings is 1. The van der Waals surface area contributed by atoms with Crippen molar-refractivity contribution in [1.29, 1.82) is 0 Å². The van der Waals surface area contributed by atoms with Crippen LogP contribution in [0.4, 0.5) is 5.69 Å². The molecule has 4 rings (SSSR count). The van der Waals surface area contributed by atoms with Crippen molar-refractivity contribution in [2.24, 2.45) is 0 Å². The molecule has 1 N–H and O–H groups in total. The van der Waals surface area contributed by atoms with Crippen LogP contribution in [0.5, 0.6) is 5.75 Å². The highest BCUT2D eigenvalue weighted by Crippen LogP contribution is 2.42. The molecule has 0 radical (unpaired) electrons. The van der Waals surface area contributed by atoms with Crippen LogP contribution in [0, 0.1) is 0 Å². The third-order valence-corrected chi connectivity index (χ3v) is 6.61. The van der Waals surface area contributed by atoms with Gasteiger partial charge in [-0.05, 0) is 49.4 Å². The summed E-state index contributed by atoms with van der Waals surface area (Å²) in [6.45, 7) is 1.86. The van der Waals surface area contributed by atoms with E-state index in [1.54, 1.807) is 36.6 Å². The fraction of sp³-hybridized carbons (Fsp3) is 0.316. The minimum atomic E-state index is -0.334. The van der Waals surface area contributed by atoms with E-state index in [9.17, 15) is 4.79 Å². The van der Waals surface area contributed by atoms with Crippen molar-refractivity contribution < 1.29 is 9.53 Å². The summed E-state index contributed by atoms with van der Waals surface area (Å²) in [4.78, 5) is 13.7. The van der Waals surface area contributed by atoms with E-state index in [1.165, 1.54) is 11.8 Å². The number of methoxy groups -OCH3 is 1. The maximum Gasteiger partial charge on any atom is 0.237 e. The Morgan fingerprint density at radius 1 is 1.39 bits per heavy atom. The zero-order chi connectivity index (χ0) is 19.7. The number of halogens is 1. The summed E-state index contributed by atoms with van der Waals surface area (Å²) >= 11 is 9.20. The van der Waals surface area contributed by atoms with E-state index in [1.807, 2.05) is 24.4 Å². The number of hydrogen-bond acceptors (Lipinski definition) is 6. The van der Waals surface area contributed by atoms with Gasteiger partial charge in [0.2, 0.25) is 5.91 Å². The van der Waals surface area contributed by atoms with Crippen molar-refractivity contribution in [3.8, 4) is 16.5 Å². The molecule has 1 aliphatic carbocycles. The number of thioether (sulfide) groups is 1. The number of rotatable bonds is 7. The van der Waals surface area contributed by atoms with Gasteiger partial charge in [0.05, 0.1) is 22.3 Å². The Morgan fingerprint density at radius 3 is 2.86 bits per heavy atom. The molecule has 2 heterocycles. The van der Waals surface area contributed by atoms with Crippen molar-refractivity contribution >= 4 is 46.3 Å². The largest absolute Gasteiger partial charge is 0.495 e. The zero-order valence-electron chi connectivity index (χ0n) is 15.4. The summed E-state index contributed by atoms with van der Waals surface area (Å²) < 4.78 is 7.31. The van der Waals surface area contributed by atoms with E-state index in [4.69, 9.17) is 16.3 Å². The van der Waals surface area contributed by atoms with Crippen LogP contribution in [-0.4, -0.2) is 33.0 Å². The molecule has 0 bridgehead atoms. The number of thiophene rings is 1. The molecule has 1 fully saturated rings. The molecule has 1 saturated carbocycles. The number of hydrogen-bond donors (Lipinski definition) is 1. The molecule has 0 spiro atoms. The third-order valence-electron chi connectivity index (χ3n) is 4.39. The number of amides is 1. The average Bonchev–Trinajstić information content (AvgIpc) is 3.20. The van der Waals surface area contributed by atoms with Crippen molar-refractivity contribution in [3.63, 3.8) is 0 Å². The molecule has 9 heteroatoms. The summed E-state index contributed by atoms with van der Waals surface area (Å²) in [6.07, 6.45) is 2.24. The number of anilines is 1. The van der Waals surface area contributed by atoms with Crippen molar-refractivity contribution in [2.45, 2.75) is 36.2 Å². The van der Waals surface area contributed by atoms with Crippen molar-refractivity contribution in [3.05, 3.63) is 40.7 Å². The van der Waals surface area contributed by atoms with E-state index in [0.717, 1.165) is 28.7 Å². The van der Waals surface area contributed by atoms with E-state index in [2.05, 4.69) is 20.1 Å². The van der Waals surface area contributed by atoms with Gasteiger partial charge in [-0.15, -0.1) is 21.5 Å². The SMILES string of the molecule is COc1ccc(NC(=O)[C@@H](C)Sc2nnc(-c3cccs3)n2C2CC2)cc1Cl. The monoisotopic (exact) mass is 434 g/mol. The van der Waals surface area contributed by atoms with Gasteiger partial charge in [0, 0.05) is 11.7 Å². The quantitative estimate of drug-likeness (QED) is 0.522. The minimum absolute atomic E-state index is 0.116. The number of ether oxygens (including phenoxy) is 1. The summed E-state index contributed by atoms with van der Waals surface area (Å²) in [5, 5.41) is 14.6. The van der Waals surface area contributed by atoms with Crippen LogP contribution in [0.1, 0.15) is 25.8 Å². The van der Waals surface area contributed by atoms with Gasteiger partial charge in [-0.1, -0.05) is 29.4 Å². The molecule has 0 aliphatic heterocycles. The molecule has 1 aliphatic rings. The molecule has 6 nitrogen and oxygen atoms in total. The van der Waals surface area contributed by atoms with Gasteiger partial charge in [-0.2, -0.15) is 0 Å². The first kappa shape index (κ1) is 19.3. The average molecular weight is 435 g/mol. The van der Waals surface area contributed by atoms with Crippen molar-refractivity contribution in [1.82, 2.24) is 14.8 Å². The highest BCUT2D eigenvalue weighted by Gasteiger charge is 2.31. The predicted molar refractivity (Wildman–Crippen MR) is 114 cm³/mol. The molecular formula is C19H19ClN4O2S2. The Labute approximate surface area is 176 Å². The number of nitrogens with zero attached hydrogens (tertiary/aromatic N) is 3. The first-order valence-corrected chi connectivity index (χ1v) is 11.0. The molecule has 2 aromatic heterocycles. The Hall–Kier alpha value is -2.03. The molecule has 0 unspecified atom stereocenters. The molecular weight excluding hydrogens is 416 g/mol. The third kappa shape index (κ3) is 4.04. The summed E-state index contributed by atoms with van der Waals surface area (Å²) in [7, 11) is 1.55. The maximum absolute atomic E-state index is 12.7. The summed E-state index contributed by atoms with van der Waals surface area (Å²) in [5.41, 5.74) is 0.631. The smallest absolute Gasteiger partial charge is 0.237 e. The Balaban J connectivity index is 1.48. The van der Waals surface area contributed by atoms with Crippen LogP contribution in [0.25, 0.3) is 10.7 Å². The van der Waals surface area contributed by atoms with Crippen LogP contribution >= 0.6 is 34.7 Å². The van der Waals surface area contributed by atoms with Gasteiger partial charge in [-0.3, -0.25) is 9.36 Å².